The molecule has 6 heteroatoms. The van der Waals surface area contributed by atoms with Gasteiger partial charge < -0.3 is 15.4 Å². The molecule has 1 fully saturated rings. The van der Waals surface area contributed by atoms with E-state index in [1.165, 1.54) is 0 Å². The smallest absolute Gasteiger partial charge is 0.191 e. The Hall–Kier alpha value is -0.850. The summed E-state index contributed by atoms with van der Waals surface area (Å²) in [5, 5.41) is 6.86. The van der Waals surface area contributed by atoms with E-state index in [1.54, 1.807) is 0 Å². The summed E-state index contributed by atoms with van der Waals surface area (Å²) in [5.41, 5.74) is 0. The fourth-order valence-electron chi connectivity index (χ4n) is 3.45. The highest BCUT2D eigenvalue weighted by Crippen LogP contribution is 2.06. The van der Waals surface area contributed by atoms with Gasteiger partial charge in [0.15, 0.2) is 5.96 Å². The van der Waals surface area contributed by atoms with E-state index in [9.17, 15) is 0 Å². The van der Waals surface area contributed by atoms with Gasteiger partial charge in [0.25, 0.3) is 0 Å². The van der Waals surface area contributed by atoms with Crippen LogP contribution in [0.1, 0.15) is 48.0 Å². The number of hydrogen-bond donors (Lipinski definition) is 2. The fourth-order valence-corrected chi connectivity index (χ4v) is 3.45. The molecule has 26 heavy (non-hydrogen) atoms. The quantitative estimate of drug-likeness (QED) is 0.331. The third-order valence-electron chi connectivity index (χ3n) is 4.79. The van der Waals surface area contributed by atoms with E-state index in [4.69, 9.17) is 9.73 Å². The normalized spacial score (nSPS) is 18.0. The number of aliphatic imine (C=N–C) groups is 1. The second-order valence-corrected chi connectivity index (χ2v) is 7.94. The van der Waals surface area contributed by atoms with Crippen LogP contribution in [0.2, 0.25) is 0 Å². The molecule has 0 amide bonds. The summed E-state index contributed by atoms with van der Waals surface area (Å²) in [6, 6.07) is 1.19. The van der Waals surface area contributed by atoms with Gasteiger partial charge in [0.1, 0.15) is 0 Å². The van der Waals surface area contributed by atoms with Crippen LogP contribution in [0.5, 0.6) is 0 Å². The third-order valence-corrected chi connectivity index (χ3v) is 4.79. The highest BCUT2D eigenvalue weighted by Gasteiger charge is 2.14. The van der Waals surface area contributed by atoms with Gasteiger partial charge in [0, 0.05) is 57.9 Å². The number of nitrogens with zero attached hydrogens (tertiary/aromatic N) is 3. The molecule has 0 spiro atoms. The average molecular weight is 370 g/mol. The van der Waals surface area contributed by atoms with E-state index in [1.807, 2.05) is 0 Å². The van der Waals surface area contributed by atoms with E-state index in [-0.39, 0.29) is 0 Å². The lowest BCUT2D eigenvalue weighted by atomic mass is 10.1. The van der Waals surface area contributed by atoms with Crippen molar-refractivity contribution >= 4 is 5.96 Å². The Labute approximate surface area is 161 Å². The van der Waals surface area contributed by atoms with Crippen molar-refractivity contribution in [2.45, 2.75) is 60.0 Å². The van der Waals surface area contributed by atoms with Crippen LogP contribution in [0.4, 0.5) is 0 Å². The molecular formula is C20H43N5O. The van der Waals surface area contributed by atoms with Gasteiger partial charge >= 0.3 is 0 Å². The minimum atomic E-state index is 0.556. The second kappa shape index (κ2) is 13.3. The van der Waals surface area contributed by atoms with Crippen LogP contribution >= 0.6 is 0 Å². The summed E-state index contributed by atoms with van der Waals surface area (Å²) < 4.78 is 5.42. The first kappa shape index (κ1) is 23.2. The van der Waals surface area contributed by atoms with Crippen LogP contribution in [0, 0.1) is 5.92 Å². The maximum Gasteiger partial charge on any atom is 0.191 e. The Kier molecular flexibility index (Phi) is 11.9. The predicted molar refractivity (Wildman–Crippen MR) is 112 cm³/mol. The zero-order valence-electron chi connectivity index (χ0n) is 18.1. The van der Waals surface area contributed by atoms with Crippen molar-refractivity contribution in [3.05, 3.63) is 0 Å². The first-order chi connectivity index (χ1) is 12.4. The number of morpholine rings is 1. The van der Waals surface area contributed by atoms with Crippen LogP contribution in [0.3, 0.4) is 0 Å². The number of ether oxygens (including phenoxy) is 1. The van der Waals surface area contributed by atoms with Gasteiger partial charge in [-0.3, -0.25) is 14.8 Å². The maximum atomic E-state index is 5.42. The molecule has 0 aromatic carbocycles. The van der Waals surface area contributed by atoms with Crippen LogP contribution in [-0.2, 0) is 4.74 Å². The molecule has 0 aromatic heterocycles. The van der Waals surface area contributed by atoms with Crippen molar-refractivity contribution in [2.75, 3.05) is 59.0 Å². The highest BCUT2D eigenvalue weighted by molar-refractivity contribution is 5.79. The predicted octanol–water partition coefficient (Wildman–Crippen LogP) is 2.02. The summed E-state index contributed by atoms with van der Waals surface area (Å²) in [6.07, 6.45) is 1.13. The van der Waals surface area contributed by atoms with Gasteiger partial charge in [-0.25, -0.2) is 0 Å². The van der Waals surface area contributed by atoms with E-state index in [2.05, 4.69) is 62.0 Å². The Morgan fingerprint density at radius 1 is 1.08 bits per heavy atom. The lowest BCUT2D eigenvalue weighted by Gasteiger charge is -2.30. The number of hydrogen-bond acceptors (Lipinski definition) is 4. The van der Waals surface area contributed by atoms with Crippen LogP contribution in [-0.4, -0.2) is 86.9 Å². The average Bonchev–Trinajstić information content (AvgIpc) is 2.59. The van der Waals surface area contributed by atoms with Crippen molar-refractivity contribution in [2.24, 2.45) is 10.9 Å². The lowest BCUT2D eigenvalue weighted by molar-refractivity contribution is 0.0323. The standard InChI is InChI=1S/C20H43N5O/c1-7-21-20(22-9-8-10-25(17(2)3)18(4)5)23-15-19(6)16-24-11-13-26-14-12-24/h17-19H,7-16H2,1-6H3,(H2,21,22,23). The molecule has 0 aliphatic carbocycles. The summed E-state index contributed by atoms with van der Waals surface area (Å²) in [6.45, 7) is 22.3. The Morgan fingerprint density at radius 3 is 2.31 bits per heavy atom. The molecule has 0 saturated carbocycles. The van der Waals surface area contributed by atoms with E-state index < -0.39 is 0 Å². The van der Waals surface area contributed by atoms with E-state index in [0.29, 0.717) is 18.0 Å². The van der Waals surface area contributed by atoms with Gasteiger partial charge in [-0.05, 0) is 47.0 Å². The Morgan fingerprint density at radius 2 is 1.73 bits per heavy atom. The van der Waals surface area contributed by atoms with E-state index in [0.717, 1.165) is 71.4 Å². The van der Waals surface area contributed by atoms with Gasteiger partial charge in [-0.2, -0.15) is 0 Å². The minimum Gasteiger partial charge on any atom is -0.379 e. The number of guanidine groups is 1. The highest BCUT2D eigenvalue weighted by atomic mass is 16.5. The molecule has 1 saturated heterocycles. The number of nitrogens with one attached hydrogen (secondary N) is 2. The minimum absolute atomic E-state index is 0.556. The molecule has 1 rings (SSSR count). The Balaban J connectivity index is 2.33. The van der Waals surface area contributed by atoms with Crippen molar-refractivity contribution in [3.8, 4) is 0 Å². The molecule has 1 aliphatic heterocycles. The van der Waals surface area contributed by atoms with Crippen molar-refractivity contribution in [1.29, 1.82) is 0 Å². The van der Waals surface area contributed by atoms with Crippen molar-refractivity contribution < 1.29 is 4.74 Å². The van der Waals surface area contributed by atoms with Gasteiger partial charge in [-0.15, -0.1) is 0 Å². The van der Waals surface area contributed by atoms with Gasteiger partial charge in [0.2, 0.25) is 0 Å². The molecule has 1 heterocycles. The molecule has 6 nitrogen and oxygen atoms in total. The largest absolute Gasteiger partial charge is 0.379 e. The van der Waals surface area contributed by atoms with Crippen molar-refractivity contribution in [1.82, 2.24) is 20.4 Å². The molecule has 1 atom stereocenters. The maximum absolute atomic E-state index is 5.42. The zero-order chi connectivity index (χ0) is 19.4. The van der Waals surface area contributed by atoms with Crippen molar-refractivity contribution in [3.63, 3.8) is 0 Å². The first-order valence-electron chi connectivity index (χ1n) is 10.5. The summed E-state index contributed by atoms with van der Waals surface area (Å²) in [4.78, 5) is 9.81. The third kappa shape index (κ3) is 9.74. The van der Waals surface area contributed by atoms with Crippen LogP contribution in [0.25, 0.3) is 0 Å². The molecule has 0 radical (unpaired) electrons. The van der Waals surface area contributed by atoms with Gasteiger partial charge in [0.05, 0.1) is 13.2 Å². The summed E-state index contributed by atoms with van der Waals surface area (Å²) in [7, 11) is 0. The zero-order valence-corrected chi connectivity index (χ0v) is 18.1. The molecule has 1 aliphatic rings. The monoisotopic (exact) mass is 369 g/mol. The second-order valence-electron chi connectivity index (χ2n) is 7.94. The number of rotatable bonds is 11. The van der Waals surface area contributed by atoms with E-state index >= 15 is 0 Å². The first-order valence-corrected chi connectivity index (χ1v) is 10.5. The lowest BCUT2D eigenvalue weighted by Crippen LogP contribution is -2.42. The van der Waals surface area contributed by atoms with Crippen LogP contribution < -0.4 is 10.6 Å². The Bertz CT molecular complexity index is 372. The fraction of sp³-hybridized carbons (Fsp3) is 0.950. The topological polar surface area (TPSA) is 52.1 Å². The summed E-state index contributed by atoms with van der Waals surface area (Å²) >= 11 is 0. The summed E-state index contributed by atoms with van der Waals surface area (Å²) in [5.74, 6) is 1.50. The van der Waals surface area contributed by atoms with Crippen LogP contribution in [0.15, 0.2) is 4.99 Å². The molecule has 0 bridgehead atoms. The molecular weight excluding hydrogens is 326 g/mol. The SMILES string of the molecule is CCNC(=NCC(C)CN1CCOCC1)NCCCN(C(C)C)C(C)C. The molecule has 1 unspecified atom stereocenters. The molecule has 154 valence electrons. The molecule has 2 N–H and O–H groups in total. The van der Waals surface area contributed by atoms with Gasteiger partial charge in [-0.1, -0.05) is 6.92 Å². The molecule has 0 aromatic rings.